The quantitative estimate of drug-likeness (QED) is 0.439. The van der Waals surface area contributed by atoms with Gasteiger partial charge in [0.05, 0.1) is 0 Å². The molecule has 108 valence electrons. The van der Waals surface area contributed by atoms with Crippen LogP contribution in [0.4, 0.5) is 4.39 Å². The third kappa shape index (κ3) is 3.15. The Morgan fingerprint density at radius 1 is 0.955 bits per heavy atom. The number of carbonyl (C=O) groups excluding carboxylic acids is 1. The summed E-state index contributed by atoms with van der Waals surface area (Å²) in [7, 11) is 0. The van der Waals surface area contributed by atoms with Crippen molar-refractivity contribution in [3.63, 3.8) is 0 Å². The van der Waals surface area contributed by atoms with Gasteiger partial charge in [-0.25, -0.2) is 4.39 Å². The lowest BCUT2D eigenvalue weighted by Gasteiger charge is -2.01. The fourth-order valence-corrected chi connectivity index (χ4v) is 2.57. The van der Waals surface area contributed by atoms with Gasteiger partial charge in [-0.3, -0.25) is 4.79 Å². The summed E-state index contributed by atoms with van der Waals surface area (Å²) in [5.74, 6) is -0.509. The fraction of sp³-hybridized carbons (Fsp3) is 0. The van der Waals surface area contributed by atoms with Gasteiger partial charge in [-0.1, -0.05) is 58.4 Å². The molecular formula is C19H12BrFO. The molecule has 0 aliphatic rings. The van der Waals surface area contributed by atoms with Crippen LogP contribution in [-0.4, -0.2) is 5.78 Å². The molecule has 0 radical (unpaired) electrons. The Morgan fingerprint density at radius 3 is 2.50 bits per heavy atom. The van der Waals surface area contributed by atoms with Gasteiger partial charge in [0.15, 0.2) is 5.78 Å². The molecule has 0 amide bonds. The van der Waals surface area contributed by atoms with E-state index in [-0.39, 0.29) is 11.6 Å². The Hall–Kier alpha value is -2.26. The predicted molar refractivity (Wildman–Crippen MR) is 91.4 cm³/mol. The van der Waals surface area contributed by atoms with E-state index in [0.29, 0.717) is 15.6 Å². The molecule has 0 atom stereocenters. The standard InChI is InChI=1S/C19H12BrFO/c20-17-9-7-14(18(21)12-17)8-10-19(22)16-6-5-13-3-1-2-4-15(13)11-16/h1-12H/b10-8+. The van der Waals surface area contributed by atoms with Crippen LogP contribution in [0.5, 0.6) is 0 Å². The van der Waals surface area contributed by atoms with E-state index in [9.17, 15) is 9.18 Å². The molecule has 0 saturated heterocycles. The zero-order valence-electron chi connectivity index (χ0n) is 11.6. The van der Waals surface area contributed by atoms with Gasteiger partial charge in [0.2, 0.25) is 0 Å². The summed E-state index contributed by atoms with van der Waals surface area (Å²) in [6.45, 7) is 0. The maximum atomic E-state index is 13.7. The minimum atomic E-state index is -0.364. The largest absolute Gasteiger partial charge is 0.289 e. The van der Waals surface area contributed by atoms with Gasteiger partial charge in [-0.15, -0.1) is 0 Å². The second-order valence-corrected chi connectivity index (χ2v) is 5.84. The van der Waals surface area contributed by atoms with E-state index in [1.54, 1.807) is 18.2 Å². The number of carbonyl (C=O) groups is 1. The van der Waals surface area contributed by atoms with Gasteiger partial charge >= 0.3 is 0 Å². The van der Waals surface area contributed by atoms with Gasteiger partial charge in [0.25, 0.3) is 0 Å². The normalized spacial score (nSPS) is 11.2. The Balaban J connectivity index is 1.87. The van der Waals surface area contributed by atoms with E-state index < -0.39 is 0 Å². The van der Waals surface area contributed by atoms with E-state index in [4.69, 9.17) is 0 Å². The zero-order chi connectivity index (χ0) is 15.5. The molecule has 0 aliphatic carbocycles. The number of rotatable bonds is 3. The smallest absolute Gasteiger partial charge is 0.185 e. The third-order valence-electron chi connectivity index (χ3n) is 3.41. The van der Waals surface area contributed by atoms with Crippen LogP contribution in [-0.2, 0) is 0 Å². The van der Waals surface area contributed by atoms with Gasteiger partial charge in [-0.2, -0.15) is 0 Å². The summed E-state index contributed by atoms with van der Waals surface area (Å²) in [6.07, 6.45) is 2.90. The van der Waals surface area contributed by atoms with Crippen molar-refractivity contribution in [3.8, 4) is 0 Å². The topological polar surface area (TPSA) is 17.1 Å². The summed E-state index contributed by atoms with van der Waals surface area (Å²) in [4.78, 5) is 12.2. The molecule has 0 aliphatic heterocycles. The van der Waals surface area contributed by atoms with Crippen molar-refractivity contribution in [2.24, 2.45) is 0 Å². The molecule has 0 bridgehead atoms. The fourth-order valence-electron chi connectivity index (χ4n) is 2.24. The monoisotopic (exact) mass is 354 g/mol. The number of allylic oxidation sites excluding steroid dienone is 1. The lowest BCUT2D eigenvalue weighted by molar-refractivity contribution is 0.104. The molecule has 0 heterocycles. The van der Waals surface area contributed by atoms with Crippen molar-refractivity contribution < 1.29 is 9.18 Å². The van der Waals surface area contributed by atoms with Crippen LogP contribution in [0.2, 0.25) is 0 Å². The van der Waals surface area contributed by atoms with E-state index >= 15 is 0 Å². The summed E-state index contributed by atoms with van der Waals surface area (Å²) in [5.41, 5.74) is 0.977. The molecule has 3 aromatic carbocycles. The first-order valence-electron chi connectivity index (χ1n) is 6.80. The minimum absolute atomic E-state index is 0.145. The molecule has 3 aromatic rings. The van der Waals surface area contributed by atoms with Crippen LogP contribution in [0.25, 0.3) is 16.8 Å². The average Bonchev–Trinajstić information content (AvgIpc) is 2.53. The van der Waals surface area contributed by atoms with Crippen LogP contribution in [0.3, 0.4) is 0 Å². The summed E-state index contributed by atoms with van der Waals surface area (Å²) >= 11 is 3.20. The number of benzene rings is 3. The molecule has 1 nitrogen and oxygen atoms in total. The first-order chi connectivity index (χ1) is 10.6. The number of hydrogen-bond donors (Lipinski definition) is 0. The van der Waals surface area contributed by atoms with Gasteiger partial charge < -0.3 is 0 Å². The first kappa shape index (κ1) is 14.7. The highest BCUT2D eigenvalue weighted by Gasteiger charge is 2.04. The average molecular weight is 355 g/mol. The van der Waals surface area contributed by atoms with Crippen molar-refractivity contribution in [3.05, 3.63) is 88.2 Å². The van der Waals surface area contributed by atoms with Crippen LogP contribution in [0.1, 0.15) is 15.9 Å². The molecule has 22 heavy (non-hydrogen) atoms. The van der Waals surface area contributed by atoms with Crippen LogP contribution in [0, 0.1) is 5.82 Å². The van der Waals surface area contributed by atoms with Crippen molar-refractivity contribution >= 4 is 38.6 Å². The maximum absolute atomic E-state index is 13.7. The maximum Gasteiger partial charge on any atom is 0.185 e. The Kier molecular flexibility index (Phi) is 4.16. The second kappa shape index (κ2) is 6.24. The number of fused-ring (bicyclic) bond motifs is 1. The van der Waals surface area contributed by atoms with E-state index in [0.717, 1.165) is 10.8 Å². The summed E-state index contributed by atoms with van der Waals surface area (Å²) < 4.78 is 14.4. The van der Waals surface area contributed by atoms with Crippen LogP contribution < -0.4 is 0 Å². The highest BCUT2D eigenvalue weighted by Crippen LogP contribution is 2.18. The SMILES string of the molecule is O=C(/C=C/c1ccc(Br)cc1F)c1ccc2ccccc2c1. The molecule has 3 rings (SSSR count). The zero-order valence-corrected chi connectivity index (χ0v) is 13.2. The lowest BCUT2D eigenvalue weighted by atomic mass is 10.0. The lowest BCUT2D eigenvalue weighted by Crippen LogP contribution is -1.94. The van der Waals surface area contributed by atoms with Gasteiger partial charge in [0.1, 0.15) is 5.82 Å². The van der Waals surface area contributed by atoms with E-state index in [1.165, 1.54) is 18.2 Å². The molecule has 0 fully saturated rings. The Morgan fingerprint density at radius 2 is 1.73 bits per heavy atom. The van der Waals surface area contributed by atoms with Crippen molar-refractivity contribution in [2.75, 3.05) is 0 Å². The summed E-state index contributed by atoms with van der Waals surface area (Å²) in [5, 5.41) is 2.10. The Labute approximate surface area is 136 Å². The molecule has 0 N–H and O–H groups in total. The first-order valence-corrected chi connectivity index (χ1v) is 7.59. The van der Waals surface area contributed by atoms with Gasteiger partial charge in [-0.05, 0) is 41.1 Å². The van der Waals surface area contributed by atoms with Crippen LogP contribution in [0.15, 0.2) is 71.2 Å². The highest BCUT2D eigenvalue weighted by molar-refractivity contribution is 9.10. The Bertz CT molecular complexity index is 883. The van der Waals surface area contributed by atoms with Crippen molar-refractivity contribution in [1.82, 2.24) is 0 Å². The number of halogens is 2. The molecule has 3 heteroatoms. The van der Waals surface area contributed by atoms with Gasteiger partial charge in [0, 0.05) is 15.6 Å². The van der Waals surface area contributed by atoms with Crippen molar-refractivity contribution in [2.45, 2.75) is 0 Å². The molecular weight excluding hydrogens is 343 g/mol. The molecule has 0 saturated carbocycles. The molecule has 0 aromatic heterocycles. The van der Waals surface area contributed by atoms with E-state index in [1.807, 2.05) is 36.4 Å². The predicted octanol–water partition coefficient (Wildman–Crippen LogP) is 5.64. The molecule has 0 spiro atoms. The minimum Gasteiger partial charge on any atom is -0.289 e. The number of ketones is 1. The number of hydrogen-bond acceptors (Lipinski definition) is 1. The van der Waals surface area contributed by atoms with Crippen LogP contribution >= 0.6 is 15.9 Å². The highest BCUT2D eigenvalue weighted by atomic mass is 79.9. The van der Waals surface area contributed by atoms with E-state index in [2.05, 4.69) is 15.9 Å². The second-order valence-electron chi connectivity index (χ2n) is 4.93. The summed E-state index contributed by atoms with van der Waals surface area (Å²) in [6, 6.07) is 18.1. The third-order valence-corrected chi connectivity index (χ3v) is 3.90. The van der Waals surface area contributed by atoms with Crippen molar-refractivity contribution in [1.29, 1.82) is 0 Å². The molecule has 0 unspecified atom stereocenters.